The van der Waals surface area contributed by atoms with Crippen LogP contribution in [0.1, 0.15) is 38.3 Å². The van der Waals surface area contributed by atoms with Crippen molar-refractivity contribution in [2.24, 2.45) is 28.1 Å². The Bertz CT molecular complexity index is 1030. The van der Waals surface area contributed by atoms with Crippen molar-refractivity contribution in [3.8, 4) is 0 Å². The van der Waals surface area contributed by atoms with Gasteiger partial charge in [-0.25, -0.2) is 0 Å². The van der Waals surface area contributed by atoms with Crippen molar-refractivity contribution in [2.45, 2.75) is 45.9 Å². The number of alkyl halides is 3. The van der Waals surface area contributed by atoms with Gasteiger partial charge >= 0.3 is 6.18 Å². The number of amides is 2. The first kappa shape index (κ1) is 23.6. The van der Waals surface area contributed by atoms with Gasteiger partial charge in [-0.1, -0.05) is 49.4 Å². The molecule has 172 valence electrons. The minimum atomic E-state index is -4.68. The Kier molecular flexibility index (Phi) is 5.97. The summed E-state index contributed by atoms with van der Waals surface area (Å²) in [6.45, 7) is 6.67. The smallest absolute Gasteiger partial charge is 0.374 e. The van der Waals surface area contributed by atoms with Crippen molar-refractivity contribution < 1.29 is 27.6 Å². The first-order valence-electron chi connectivity index (χ1n) is 10.2. The molecule has 1 aromatic carbocycles. The molecule has 3 unspecified atom stereocenters. The van der Waals surface area contributed by atoms with E-state index < -0.39 is 41.3 Å². The molecule has 1 aliphatic heterocycles. The SMILES string of the molecule is CC1=NOC(c2ccc(NC(=O)C3C=CC=CC3(C(N)=O)C(C)C)c(C)c2)(C(F)(F)F)C1. The number of carbonyl (C=O) groups excluding carboxylic acids is 2. The topological polar surface area (TPSA) is 93.8 Å². The van der Waals surface area contributed by atoms with Crippen molar-refractivity contribution in [3.63, 3.8) is 0 Å². The van der Waals surface area contributed by atoms with Gasteiger partial charge in [-0.2, -0.15) is 13.2 Å². The molecule has 0 saturated carbocycles. The minimum Gasteiger partial charge on any atom is -0.374 e. The summed E-state index contributed by atoms with van der Waals surface area (Å²) in [5.74, 6) is -2.22. The number of primary amides is 1. The molecule has 0 radical (unpaired) electrons. The molecule has 2 amide bonds. The van der Waals surface area contributed by atoms with Crippen LogP contribution >= 0.6 is 0 Å². The summed E-state index contributed by atoms with van der Waals surface area (Å²) in [7, 11) is 0. The summed E-state index contributed by atoms with van der Waals surface area (Å²) >= 11 is 0. The second-order valence-corrected chi connectivity index (χ2v) is 8.61. The van der Waals surface area contributed by atoms with Crippen LogP contribution in [0.2, 0.25) is 0 Å². The molecule has 0 fully saturated rings. The van der Waals surface area contributed by atoms with Gasteiger partial charge in [0.05, 0.1) is 17.0 Å². The third kappa shape index (κ3) is 3.69. The fraction of sp³-hybridized carbons (Fsp3) is 0.435. The highest BCUT2D eigenvalue weighted by Gasteiger charge is 2.61. The molecule has 2 aliphatic rings. The average molecular weight is 449 g/mol. The lowest BCUT2D eigenvalue weighted by atomic mass is 9.64. The maximum Gasteiger partial charge on any atom is 0.435 e. The van der Waals surface area contributed by atoms with E-state index in [0.29, 0.717) is 11.3 Å². The zero-order valence-corrected chi connectivity index (χ0v) is 18.3. The number of carbonyl (C=O) groups is 2. The summed E-state index contributed by atoms with van der Waals surface area (Å²) < 4.78 is 41.6. The van der Waals surface area contributed by atoms with Crippen LogP contribution < -0.4 is 11.1 Å². The molecule has 1 heterocycles. The van der Waals surface area contributed by atoms with Crippen LogP contribution in [0, 0.1) is 24.2 Å². The summed E-state index contributed by atoms with van der Waals surface area (Å²) in [6.07, 6.45) is 1.49. The highest BCUT2D eigenvalue weighted by Crippen LogP contribution is 2.48. The lowest BCUT2D eigenvalue weighted by molar-refractivity contribution is -0.275. The number of hydrogen-bond donors (Lipinski definition) is 2. The molecule has 3 N–H and O–H groups in total. The standard InChI is InChI=1S/C23H26F3N3O3/c1-13(2)21(20(27)31)10-6-5-7-17(21)19(30)28-18-9-8-16(11-14(18)3)22(23(24,25)26)12-15(4)29-32-22/h5-11,13,17H,12H2,1-4H3,(H2,27,31)(H,28,30). The van der Waals surface area contributed by atoms with Gasteiger partial charge in [0.2, 0.25) is 11.8 Å². The van der Waals surface area contributed by atoms with Crippen LogP contribution in [0.5, 0.6) is 0 Å². The number of nitrogens with zero attached hydrogens (tertiary/aromatic N) is 1. The molecule has 0 spiro atoms. The van der Waals surface area contributed by atoms with E-state index in [0.717, 1.165) is 0 Å². The Morgan fingerprint density at radius 2 is 1.94 bits per heavy atom. The summed E-state index contributed by atoms with van der Waals surface area (Å²) in [5, 5.41) is 6.25. The number of nitrogens with two attached hydrogens (primary N) is 1. The Morgan fingerprint density at radius 1 is 1.25 bits per heavy atom. The predicted octanol–water partition coefficient (Wildman–Crippen LogP) is 4.36. The Morgan fingerprint density at radius 3 is 2.44 bits per heavy atom. The van der Waals surface area contributed by atoms with Gasteiger partial charge < -0.3 is 15.9 Å². The number of anilines is 1. The average Bonchev–Trinajstić information content (AvgIpc) is 3.12. The molecular formula is C23H26F3N3O3. The van der Waals surface area contributed by atoms with E-state index in [-0.39, 0.29) is 17.2 Å². The van der Waals surface area contributed by atoms with Gasteiger partial charge in [0.15, 0.2) is 0 Å². The van der Waals surface area contributed by atoms with Crippen LogP contribution in [0.25, 0.3) is 0 Å². The largest absolute Gasteiger partial charge is 0.435 e. The minimum absolute atomic E-state index is 0.102. The molecule has 3 atom stereocenters. The van der Waals surface area contributed by atoms with Crippen LogP contribution in [-0.4, -0.2) is 23.7 Å². The van der Waals surface area contributed by atoms with Crippen molar-refractivity contribution in [1.29, 1.82) is 0 Å². The number of aryl methyl sites for hydroxylation is 1. The molecular weight excluding hydrogens is 423 g/mol. The molecule has 6 nitrogen and oxygen atoms in total. The van der Waals surface area contributed by atoms with Crippen molar-refractivity contribution in [2.75, 3.05) is 5.32 Å². The quantitative estimate of drug-likeness (QED) is 0.700. The predicted molar refractivity (Wildman–Crippen MR) is 115 cm³/mol. The van der Waals surface area contributed by atoms with E-state index in [1.807, 2.05) is 0 Å². The first-order chi connectivity index (χ1) is 14.8. The summed E-state index contributed by atoms with van der Waals surface area (Å²) in [6, 6.07) is 4.00. The van der Waals surface area contributed by atoms with Crippen LogP contribution in [0.15, 0.2) is 47.7 Å². The number of benzene rings is 1. The Balaban J connectivity index is 1.91. The second kappa shape index (κ2) is 8.11. The highest BCUT2D eigenvalue weighted by atomic mass is 19.4. The lowest BCUT2D eigenvalue weighted by Gasteiger charge is -2.38. The number of nitrogens with one attached hydrogen (secondary N) is 1. The highest BCUT2D eigenvalue weighted by molar-refractivity contribution is 6.00. The summed E-state index contributed by atoms with van der Waals surface area (Å²) in [5.41, 5.74) is 2.80. The monoisotopic (exact) mass is 449 g/mol. The van der Waals surface area contributed by atoms with E-state index >= 15 is 0 Å². The Hall–Kier alpha value is -3.10. The van der Waals surface area contributed by atoms with Crippen molar-refractivity contribution in [3.05, 3.63) is 53.6 Å². The van der Waals surface area contributed by atoms with Gasteiger partial charge in [-0.3, -0.25) is 9.59 Å². The molecule has 9 heteroatoms. The van der Waals surface area contributed by atoms with Gasteiger partial charge in [-0.15, -0.1) is 0 Å². The number of oxime groups is 1. The van der Waals surface area contributed by atoms with E-state index in [1.165, 1.54) is 25.1 Å². The summed E-state index contributed by atoms with van der Waals surface area (Å²) in [4.78, 5) is 30.3. The maximum atomic E-state index is 13.9. The maximum absolute atomic E-state index is 13.9. The van der Waals surface area contributed by atoms with E-state index in [9.17, 15) is 22.8 Å². The fourth-order valence-corrected chi connectivity index (χ4v) is 4.35. The van der Waals surface area contributed by atoms with Crippen molar-refractivity contribution >= 4 is 23.2 Å². The molecule has 32 heavy (non-hydrogen) atoms. The Labute approximate surface area is 184 Å². The van der Waals surface area contributed by atoms with Crippen LogP contribution in [0.4, 0.5) is 18.9 Å². The van der Waals surface area contributed by atoms with Gasteiger partial charge in [0.1, 0.15) is 0 Å². The number of halogens is 3. The van der Waals surface area contributed by atoms with Crippen LogP contribution in [-0.2, 0) is 20.0 Å². The third-order valence-corrected chi connectivity index (χ3v) is 6.24. The van der Waals surface area contributed by atoms with Gasteiger partial charge in [0, 0.05) is 17.7 Å². The molecule has 0 saturated heterocycles. The second-order valence-electron chi connectivity index (χ2n) is 8.61. The normalized spacial score (nSPS) is 27.2. The van der Waals surface area contributed by atoms with Crippen LogP contribution in [0.3, 0.4) is 0 Å². The molecule has 0 bridgehead atoms. The number of allylic oxidation sites excluding steroid dienone is 2. The molecule has 3 rings (SSSR count). The lowest BCUT2D eigenvalue weighted by Crippen LogP contribution is -2.50. The van der Waals surface area contributed by atoms with E-state index in [2.05, 4.69) is 10.5 Å². The zero-order chi connectivity index (χ0) is 23.9. The molecule has 0 aromatic heterocycles. The first-order valence-corrected chi connectivity index (χ1v) is 10.2. The van der Waals surface area contributed by atoms with Gasteiger partial charge in [-0.05, 0) is 37.5 Å². The number of hydrogen-bond acceptors (Lipinski definition) is 4. The zero-order valence-electron chi connectivity index (χ0n) is 18.3. The third-order valence-electron chi connectivity index (χ3n) is 6.24. The van der Waals surface area contributed by atoms with E-state index in [4.69, 9.17) is 10.6 Å². The number of rotatable bonds is 5. The van der Waals surface area contributed by atoms with E-state index in [1.54, 1.807) is 45.1 Å². The molecule has 1 aliphatic carbocycles. The van der Waals surface area contributed by atoms with Crippen molar-refractivity contribution in [1.82, 2.24) is 0 Å². The fourth-order valence-electron chi connectivity index (χ4n) is 4.35. The van der Waals surface area contributed by atoms with Gasteiger partial charge in [0.25, 0.3) is 5.60 Å². The molecule has 1 aromatic rings.